The largest absolute Gasteiger partial charge is 0.332 e. The average molecular weight is 269 g/mol. The Morgan fingerprint density at radius 2 is 2.00 bits per heavy atom. The lowest BCUT2D eigenvalue weighted by atomic mass is 9.89. The summed E-state index contributed by atoms with van der Waals surface area (Å²) in [5.74, 6) is 0.0467. The van der Waals surface area contributed by atoms with Crippen molar-refractivity contribution in [2.75, 3.05) is 6.54 Å². The summed E-state index contributed by atoms with van der Waals surface area (Å²) in [6, 6.07) is 7.63. The minimum atomic E-state index is -0.369. The van der Waals surface area contributed by atoms with Gasteiger partial charge in [-0.15, -0.1) is 0 Å². The molecule has 1 aromatic carbocycles. The van der Waals surface area contributed by atoms with Gasteiger partial charge < -0.3 is 10.6 Å². The van der Waals surface area contributed by atoms with Gasteiger partial charge in [0.05, 0.1) is 6.04 Å². The van der Waals surface area contributed by atoms with Crippen LogP contribution in [-0.4, -0.2) is 23.4 Å². The van der Waals surface area contributed by atoms with Crippen LogP contribution in [0.25, 0.3) is 0 Å². The second-order valence-electron chi connectivity index (χ2n) is 3.65. The molecular weight excluding hydrogens is 256 g/mol. The minimum absolute atomic E-state index is 0.0467. The number of halogens is 1. The molecule has 1 heterocycles. The molecule has 2 atom stereocenters. The Labute approximate surface area is 97.4 Å². The van der Waals surface area contributed by atoms with Gasteiger partial charge in [0.1, 0.15) is 6.04 Å². The van der Waals surface area contributed by atoms with Crippen LogP contribution in [0.3, 0.4) is 0 Å². The van der Waals surface area contributed by atoms with E-state index in [1.54, 1.807) is 4.90 Å². The molecule has 0 bridgehead atoms. The van der Waals surface area contributed by atoms with E-state index in [0.29, 0.717) is 6.54 Å². The van der Waals surface area contributed by atoms with E-state index in [1.807, 2.05) is 31.2 Å². The molecule has 2 N–H and O–H groups in total. The molecule has 0 aromatic heterocycles. The summed E-state index contributed by atoms with van der Waals surface area (Å²) in [7, 11) is 0. The van der Waals surface area contributed by atoms with Crippen molar-refractivity contribution >= 4 is 21.8 Å². The third-order valence-electron chi connectivity index (χ3n) is 2.80. The van der Waals surface area contributed by atoms with E-state index in [4.69, 9.17) is 5.73 Å². The van der Waals surface area contributed by atoms with Crippen LogP contribution in [0.1, 0.15) is 18.5 Å². The number of rotatable bonds is 2. The lowest BCUT2D eigenvalue weighted by Gasteiger charge is -2.45. The Bertz CT molecular complexity index is 377. The first-order chi connectivity index (χ1) is 7.15. The molecule has 80 valence electrons. The summed E-state index contributed by atoms with van der Waals surface area (Å²) in [5.41, 5.74) is 6.90. The van der Waals surface area contributed by atoms with Gasteiger partial charge in [0.15, 0.2) is 0 Å². The molecule has 1 aromatic rings. The van der Waals surface area contributed by atoms with Crippen LogP contribution in [0, 0.1) is 0 Å². The van der Waals surface area contributed by atoms with E-state index in [1.165, 1.54) is 0 Å². The van der Waals surface area contributed by atoms with Crippen molar-refractivity contribution in [3.05, 3.63) is 34.3 Å². The highest BCUT2D eigenvalue weighted by atomic mass is 79.9. The summed E-state index contributed by atoms with van der Waals surface area (Å²) in [6.07, 6.45) is 0. The number of nitrogens with two attached hydrogens (primary N) is 1. The van der Waals surface area contributed by atoms with E-state index in [0.717, 1.165) is 10.0 Å². The highest BCUT2D eigenvalue weighted by Crippen LogP contribution is 2.33. The maximum atomic E-state index is 11.4. The van der Waals surface area contributed by atoms with Gasteiger partial charge in [-0.1, -0.05) is 28.1 Å². The van der Waals surface area contributed by atoms with Crippen molar-refractivity contribution in [1.29, 1.82) is 0 Å². The van der Waals surface area contributed by atoms with Crippen LogP contribution >= 0.6 is 15.9 Å². The molecule has 0 radical (unpaired) electrons. The number of likely N-dealkylation sites (N-methyl/N-ethyl adjacent to an activating group) is 1. The maximum Gasteiger partial charge on any atom is 0.242 e. The van der Waals surface area contributed by atoms with Crippen LogP contribution in [0.2, 0.25) is 0 Å². The molecule has 0 aliphatic carbocycles. The zero-order valence-corrected chi connectivity index (χ0v) is 10.1. The van der Waals surface area contributed by atoms with Crippen molar-refractivity contribution in [3.8, 4) is 0 Å². The third-order valence-corrected chi connectivity index (χ3v) is 3.33. The quantitative estimate of drug-likeness (QED) is 0.830. The molecule has 15 heavy (non-hydrogen) atoms. The number of likely N-dealkylation sites (tertiary alicyclic amines) is 1. The van der Waals surface area contributed by atoms with Crippen molar-refractivity contribution < 1.29 is 4.79 Å². The van der Waals surface area contributed by atoms with Gasteiger partial charge in [0.2, 0.25) is 5.91 Å². The van der Waals surface area contributed by atoms with Gasteiger partial charge in [-0.2, -0.15) is 0 Å². The maximum absolute atomic E-state index is 11.4. The Balaban J connectivity index is 2.24. The van der Waals surface area contributed by atoms with E-state index < -0.39 is 0 Å². The van der Waals surface area contributed by atoms with Crippen LogP contribution in [-0.2, 0) is 4.79 Å². The molecule has 0 saturated carbocycles. The van der Waals surface area contributed by atoms with E-state index >= 15 is 0 Å². The van der Waals surface area contributed by atoms with Gasteiger partial charge in [-0.25, -0.2) is 0 Å². The van der Waals surface area contributed by atoms with Gasteiger partial charge in [0, 0.05) is 11.0 Å². The van der Waals surface area contributed by atoms with Crippen LogP contribution in [0.4, 0.5) is 0 Å². The molecule has 3 nitrogen and oxygen atoms in total. The second-order valence-corrected chi connectivity index (χ2v) is 4.56. The zero-order valence-electron chi connectivity index (χ0n) is 8.48. The Morgan fingerprint density at radius 1 is 1.40 bits per heavy atom. The normalized spacial score (nSPS) is 25.3. The molecule has 1 saturated heterocycles. The number of amides is 1. The standard InChI is InChI=1S/C11H13BrN2O/c1-2-14-10(9(13)11(14)15)7-3-5-8(12)6-4-7/h3-6,9-10H,2,13H2,1H3/t9-,10-/m1/s1. The molecule has 1 amide bonds. The molecule has 0 spiro atoms. The summed E-state index contributed by atoms with van der Waals surface area (Å²) >= 11 is 3.38. The fraction of sp³-hybridized carbons (Fsp3) is 0.364. The molecule has 1 aliphatic heterocycles. The monoisotopic (exact) mass is 268 g/mol. The number of nitrogens with zero attached hydrogens (tertiary/aromatic N) is 1. The summed E-state index contributed by atoms with van der Waals surface area (Å²) in [4.78, 5) is 13.2. The molecule has 2 rings (SSSR count). The predicted octanol–water partition coefficient (Wildman–Crippen LogP) is 1.68. The fourth-order valence-corrected chi connectivity index (χ4v) is 2.24. The first-order valence-corrected chi connectivity index (χ1v) is 5.76. The van der Waals surface area contributed by atoms with E-state index in [9.17, 15) is 4.79 Å². The predicted molar refractivity (Wildman–Crippen MR) is 62.2 cm³/mol. The third kappa shape index (κ3) is 1.68. The van der Waals surface area contributed by atoms with Crippen LogP contribution < -0.4 is 5.73 Å². The number of hydrogen-bond donors (Lipinski definition) is 1. The number of carbonyl (C=O) groups is 1. The van der Waals surface area contributed by atoms with Crippen molar-refractivity contribution in [2.24, 2.45) is 5.73 Å². The first-order valence-electron chi connectivity index (χ1n) is 4.96. The highest BCUT2D eigenvalue weighted by Gasteiger charge is 2.44. The molecule has 0 unspecified atom stereocenters. The van der Waals surface area contributed by atoms with E-state index in [-0.39, 0.29) is 18.0 Å². The lowest BCUT2D eigenvalue weighted by molar-refractivity contribution is -0.149. The molecule has 4 heteroatoms. The topological polar surface area (TPSA) is 46.3 Å². The SMILES string of the molecule is CCN1C(=O)[C@H](N)[C@H]1c1ccc(Br)cc1. The van der Waals surface area contributed by atoms with Crippen molar-refractivity contribution in [2.45, 2.75) is 19.0 Å². The first kappa shape index (κ1) is 10.6. The molecule has 1 aliphatic rings. The number of benzene rings is 1. The van der Waals surface area contributed by atoms with Crippen molar-refractivity contribution in [1.82, 2.24) is 4.90 Å². The summed E-state index contributed by atoms with van der Waals surface area (Å²) < 4.78 is 1.04. The van der Waals surface area contributed by atoms with Crippen LogP contribution in [0.5, 0.6) is 0 Å². The van der Waals surface area contributed by atoms with Gasteiger partial charge >= 0.3 is 0 Å². The molecular formula is C11H13BrN2O. The number of hydrogen-bond acceptors (Lipinski definition) is 2. The molecule has 1 fully saturated rings. The number of carbonyl (C=O) groups excluding carboxylic acids is 1. The van der Waals surface area contributed by atoms with Gasteiger partial charge in [-0.3, -0.25) is 4.79 Å². The smallest absolute Gasteiger partial charge is 0.242 e. The Hall–Kier alpha value is -0.870. The summed E-state index contributed by atoms with van der Waals surface area (Å²) in [6.45, 7) is 2.68. The average Bonchev–Trinajstić information content (AvgIpc) is 2.26. The van der Waals surface area contributed by atoms with E-state index in [2.05, 4.69) is 15.9 Å². The minimum Gasteiger partial charge on any atom is -0.332 e. The fourth-order valence-electron chi connectivity index (χ4n) is 1.98. The summed E-state index contributed by atoms with van der Waals surface area (Å²) in [5, 5.41) is 0. The highest BCUT2D eigenvalue weighted by molar-refractivity contribution is 9.10. The Kier molecular flexibility index (Phi) is 2.80. The number of β-lactam (4-membered cyclic amide) rings is 1. The Morgan fingerprint density at radius 3 is 2.53 bits per heavy atom. The second kappa shape index (κ2) is 3.94. The van der Waals surface area contributed by atoms with Crippen molar-refractivity contribution in [3.63, 3.8) is 0 Å². The lowest BCUT2D eigenvalue weighted by Crippen LogP contribution is -2.62. The van der Waals surface area contributed by atoms with Gasteiger partial charge in [-0.05, 0) is 24.6 Å². The van der Waals surface area contributed by atoms with Crippen LogP contribution in [0.15, 0.2) is 28.7 Å². The zero-order chi connectivity index (χ0) is 11.0. The van der Waals surface area contributed by atoms with Gasteiger partial charge in [0.25, 0.3) is 0 Å².